The minimum absolute atomic E-state index is 0.112. The lowest BCUT2D eigenvalue weighted by Crippen LogP contribution is -2.24. The van der Waals surface area contributed by atoms with Gasteiger partial charge >= 0.3 is 5.51 Å². The van der Waals surface area contributed by atoms with Gasteiger partial charge in [0.25, 0.3) is 15.5 Å². The highest BCUT2D eigenvalue weighted by Gasteiger charge is 2.49. The molecule has 3 rings (SSSR count). The Morgan fingerprint density at radius 1 is 0.914 bits per heavy atom. The van der Waals surface area contributed by atoms with Gasteiger partial charge in [-0.1, -0.05) is 0 Å². The predicted octanol–water partition coefficient (Wildman–Crippen LogP) is 5.04. The van der Waals surface area contributed by atoms with Gasteiger partial charge in [0.1, 0.15) is 16.3 Å². The zero-order chi connectivity index (χ0) is 26.0. The van der Waals surface area contributed by atoms with Crippen LogP contribution in [0.3, 0.4) is 0 Å². The molecule has 4 N–H and O–H groups in total. The van der Waals surface area contributed by atoms with Crippen molar-refractivity contribution in [3.05, 3.63) is 70.8 Å². The van der Waals surface area contributed by atoms with Gasteiger partial charge in [0.15, 0.2) is 0 Å². The summed E-state index contributed by atoms with van der Waals surface area (Å²) in [6, 6.07) is 12.0. The molecule has 0 radical (unpaired) electrons. The van der Waals surface area contributed by atoms with E-state index in [0.29, 0.717) is 11.8 Å². The van der Waals surface area contributed by atoms with Gasteiger partial charge in [-0.15, -0.1) is 0 Å². The minimum atomic E-state index is -5.98. The molecule has 14 heteroatoms. The first-order valence-electron chi connectivity index (χ1n) is 9.62. The van der Waals surface area contributed by atoms with Crippen LogP contribution < -0.4 is 16.0 Å². The number of hydrogen-bond donors (Lipinski definition) is 4. The predicted molar refractivity (Wildman–Crippen MR) is 122 cm³/mol. The highest BCUT2D eigenvalue weighted by atomic mass is 32.2. The smallest absolute Gasteiger partial charge is 0.501 e. The molecule has 0 bridgehead atoms. The van der Waals surface area contributed by atoms with E-state index in [4.69, 9.17) is 0 Å². The highest BCUT2D eigenvalue weighted by Crippen LogP contribution is 2.41. The first kappa shape index (κ1) is 25.3. The van der Waals surface area contributed by atoms with E-state index in [1.165, 1.54) is 55.5 Å². The number of nitro groups is 1. The van der Waals surface area contributed by atoms with Gasteiger partial charge in [-0.2, -0.15) is 13.2 Å². The van der Waals surface area contributed by atoms with Gasteiger partial charge in [-0.05, 0) is 54.6 Å². The number of nitrogens with zero attached hydrogens (tertiary/aromatic N) is 1. The van der Waals surface area contributed by atoms with Crippen LogP contribution in [0.1, 0.15) is 6.92 Å². The summed E-state index contributed by atoms with van der Waals surface area (Å²) in [5.41, 5.74) is -6.72. The van der Waals surface area contributed by atoms with E-state index in [9.17, 15) is 41.6 Å². The molecule has 0 saturated heterocycles. The van der Waals surface area contributed by atoms with Crippen LogP contribution in [-0.2, 0) is 14.6 Å². The summed E-state index contributed by atoms with van der Waals surface area (Å²) in [7, 11) is -5.98. The monoisotopic (exact) mass is 510 g/mol. The van der Waals surface area contributed by atoms with Crippen LogP contribution in [0.2, 0.25) is 0 Å². The van der Waals surface area contributed by atoms with E-state index < -0.39 is 36.5 Å². The fourth-order valence-corrected chi connectivity index (χ4v) is 3.88. The molecule has 0 spiro atoms. The number of amides is 1. The van der Waals surface area contributed by atoms with Crippen molar-refractivity contribution in [1.82, 2.24) is 0 Å². The lowest BCUT2D eigenvalue weighted by molar-refractivity contribution is -0.384. The maximum atomic E-state index is 13.3. The van der Waals surface area contributed by atoms with Crippen molar-refractivity contribution < 1.29 is 36.4 Å². The van der Waals surface area contributed by atoms with Crippen LogP contribution in [0.25, 0.3) is 0 Å². The van der Waals surface area contributed by atoms with Crippen LogP contribution in [0, 0.1) is 10.1 Å². The van der Waals surface area contributed by atoms with Crippen LogP contribution >= 0.6 is 0 Å². The average molecular weight is 510 g/mol. The summed E-state index contributed by atoms with van der Waals surface area (Å²) in [4.78, 5) is 20.4. The molecule has 10 nitrogen and oxygen atoms in total. The maximum absolute atomic E-state index is 13.3. The number of nitro benzene ring substituents is 1. The number of phenolic OH excluding ortho intramolecular Hbond substituents is 1. The number of alkyl halides is 3. The zero-order valence-corrected chi connectivity index (χ0v) is 18.6. The number of phenols is 1. The van der Waals surface area contributed by atoms with Crippen LogP contribution in [0.5, 0.6) is 5.75 Å². The molecule has 0 aromatic heterocycles. The summed E-state index contributed by atoms with van der Waals surface area (Å²) in [6.45, 7) is 1.30. The quantitative estimate of drug-likeness (QED) is 0.196. The molecule has 1 amide bonds. The molecule has 0 aliphatic rings. The van der Waals surface area contributed by atoms with Crippen molar-refractivity contribution in [2.45, 2.75) is 17.3 Å². The molecule has 35 heavy (non-hydrogen) atoms. The summed E-state index contributed by atoms with van der Waals surface area (Å²) >= 11 is 0. The fraction of sp³-hybridized carbons (Fsp3) is 0.0952. The number of aromatic hydroxyl groups is 1. The summed E-state index contributed by atoms with van der Waals surface area (Å²) in [5.74, 6) is -0.472. The molecule has 0 unspecified atom stereocenters. The lowest BCUT2D eigenvalue weighted by Gasteiger charge is -2.17. The Morgan fingerprint density at radius 3 is 1.89 bits per heavy atom. The van der Waals surface area contributed by atoms with Crippen molar-refractivity contribution in [2.75, 3.05) is 16.0 Å². The second-order valence-corrected chi connectivity index (χ2v) is 9.04. The molecular weight excluding hydrogens is 493 g/mol. The third-order valence-electron chi connectivity index (χ3n) is 4.52. The van der Waals surface area contributed by atoms with Gasteiger partial charge in [-0.3, -0.25) is 14.9 Å². The number of carbonyl (C=O) groups is 1. The molecule has 0 aliphatic heterocycles. The normalized spacial score (nSPS) is 11.5. The largest absolute Gasteiger partial charge is 0.508 e. The molecule has 0 saturated carbocycles. The molecule has 0 aliphatic carbocycles. The first-order chi connectivity index (χ1) is 16.3. The fourth-order valence-electron chi connectivity index (χ4n) is 2.96. The number of benzene rings is 3. The molecule has 0 fully saturated rings. The van der Waals surface area contributed by atoms with Crippen molar-refractivity contribution in [3.63, 3.8) is 0 Å². The Hall–Kier alpha value is -4.33. The SMILES string of the molecule is CC(=O)Nc1ccc(Nc2cc(Nc3ccc(O)cc3)c(S(=O)(=O)C(F)(F)F)cc2[N+](=O)[O-])cc1. The third kappa shape index (κ3) is 5.78. The lowest BCUT2D eigenvalue weighted by atomic mass is 10.2. The van der Waals surface area contributed by atoms with Crippen LogP contribution in [0.4, 0.5) is 47.3 Å². The van der Waals surface area contributed by atoms with Crippen LogP contribution in [0.15, 0.2) is 65.6 Å². The second kappa shape index (κ2) is 9.50. The van der Waals surface area contributed by atoms with Gasteiger partial charge in [0.05, 0.1) is 10.6 Å². The minimum Gasteiger partial charge on any atom is -0.508 e. The van der Waals surface area contributed by atoms with E-state index >= 15 is 0 Å². The van der Waals surface area contributed by atoms with Crippen molar-refractivity contribution in [2.24, 2.45) is 0 Å². The van der Waals surface area contributed by atoms with Crippen molar-refractivity contribution in [3.8, 4) is 5.75 Å². The second-order valence-electron chi connectivity index (χ2n) is 7.13. The highest BCUT2D eigenvalue weighted by molar-refractivity contribution is 7.92. The van der Waals surface area contributed by atoms with E-state index in [-0.39, 0.29) is 28.7 Å². The standard InChI is InChI=1S/C21H17F3N4O6S/c1-12(29)25-13-2-4-14(5-3-13)26-17-10-18(27-15-6-8-16(30)9-7-15)20(11-19(17)28(31)32)35(33,34)21(22,23)24/h2-11,26-27,30H,1H3,(H,25,29). The summed E-state index contributed by atoms with van der Waals surface area (Å²) in [6.07, 6.45) is 0. The average Bonchev–Trinajstić information content (AvgIpc) is 2.75. The number of rotatable bonds is 7. The Kier molecular flexibility index (Phi) is 6.87. The topological polar surface area (TPSA) is 151 Å². The van der Waals surface area contributed by atoms with E-state index in [0.717, 1.165) is 6.07 Å². The van der Waals surface area contributed by atoms with Gasteiger partial charge in [0.2, 0.25) is 5.91 Å². The van der Waals surface area contributed by atoms with Gasteiger partial charge < -0.3 is 21.1 Å². The number of hydrogen-bond acceptors (Lipinski definition) is 8. The van der Waals surface area contributed by atoms with E-state index in [1.807, 2.05) is 0 Å². The molecule has 0 heterocycles. The summed E-state index contributed by atoms with van der Waals surface area (Å²) < 4.78 is 64.4. The Morgan fingerprint density at radius 2 is 1.40 bits per heavy atom. The third-order valence-corrected chi connectivity index (χ3v) is 6.05. The number of carbonyl (C=O) groups excluding carboxylic acids is 1. The molecule has 3 aromatic carbocycles. The Labute approximate surface area is 196 Å². The number of nitrogens with one attached hydrogen (secondary N) is 3. The Balaban J connectivity index is 2.13. The molecule has 184 valence electrons. The zero-order valence-electron chi connectivity index (χ0n) is 17.8. The molecular formula is C21H17F3N4O6S. The first-order valence-corrected chi connectivity index (χ1v) is 11.1. The molecule has 0 atom stereocenters. The van der Waals surface area contributed by atoms with E-state index in [1.54, 1.807) is 0 Å². The van der Waals surface area contributed by atoms with Crippen LogP contribution in [-0.4, -0.2) is 29.9 Å². The van der Waals surface area contributed by atoms with Gasteiger partial charge in [0, 0.05) is 30.1 Å². The summed E-state index contributed by atoms with van der Waals surface area (Å²) in [5, 5.41) is 28.7. The van der Waals surface area contributed by atoms with Gasteiger partial charge in [-0.25, -0.2) is 8.42 Å². The Bertz CT molecular complexity index is 1380. The van der Waals surface area contributed by atoms with E-state index in [2.05, 4.69) is 16.0 Å². The number of anilines is 5. The molecule has 3 aromatic rings. The van der Waals surface area contributed by atoms with Crippen molar-refractivity contribution >= 4 is 49.9 Å². The maximum Gasteiger partial charge on any atom is 0.501 e. The number of sulfone groups is 1. The number of halogens is 3. The van der Waals surface area contributed by atoms with Crippen molar-refractivity contribution in [1.29, 1.82) is 0 Å².